The van der Waals surface area contributed by atoms with Gasteiger partial charge in [0.15, 0.2) is 5.16 Å². The molecule has 0 bridgehead atoms. The quantitative estimate of drug-likeness (QED) is 0.755. The monoisotopic (exact) mass is 304 g/mol. The van der Waals surface area contributed by atoms with Crippen LogP contribution in [-0.4, -0.2) is 19.6 Å². The average molecular weight is 304 g/mol. The van der Waals surface area contributed by atoms with Crippen molar-refractivity contribution in [3.8, 4) is 0 Å². The fourth-order valence-corrected chi connectivity index (χ4v) is 2.94. The van der Waals surface area contributed by atoms with Crippen LogP contribution in [0.25, 0.3) is 5.78 Å². The molecule has 21 heavy (non-hydrogen) atoms. The molecular formula is C14H13FN4OS. The van der Waals surface area contributed by atoms with Crippen LogP contribution in [0.5, 0.6) is 0 Å². The Morgan fingerprint density at radius 2 is 1.95 bits per heavy atom. The van der Waals surface area contributed by atoms with E-state index in [0.29, 0.717) is 22.3 Å². The predicted octanol–water partition coefficient (Wildman–Crippen LogP) is 2.47. The number of fused-ring (bicyclic) bond motifs is 1. The lowest BCUT2D eigenvalue weighted by molar-refractivity contribution is 0.627. The van der Waals surface area contributed by atoms with Crippen LogP contribution in [-0.2, 0) is 5.75 Å². The highest BCUT2D eigenvalue weighted by atomic mass is 32.2. The molecule has 1 aromatic carbocycles. The fourth-order valence-electron chi connectivity index (χ4n) is 2.00. The van der Waals surface area contributed by atoms with E-state index in [1.165, 1.54) is 23.9 Å². The molecule has 0 saturated carbocycles. The number of halogens is 1. The highest BCUT2D eigenvalue weighted by molar-refractivity contribution is 7.98. The molecular weight excluding hydrogens is 291 g/mol. The zero-order chi connectivity index (χ0) is 15.0. The van der Waals surface area contributed by atoms with Crippen molar-refractivity contribution < 1.29 is 4.39 Å². The van der Waals surface area contributed by atoms with Gasteiger partial charge in [0.05, 0.1) is 0 Å². The highest BCUT2D eigenvalue weighted by Gasteiger charge is 2.12. The van der Waals surface area contributed by atoms with Gasteiger partial charge in [0.1, 0.15) is 5.82 Å². The van der Waals surface area contributed by atoms with E-state index in [1.54, 1.807) is 19.1 Å². The molecule has 2 aromatic heterocycles. The average Bonchev–Trinajstić information content (AvgIpc) is 2.87. The van der Waals surface area contributed by atoms with E-state index in [0.717, 1.165) is 11.3 Å². The van der Waals surface area contributed by atoms with Crippen molar-refractivity contribution in [1.82, 2.24) is 19.6 Å². The summed E-state index contributed by atoms with van der Waals surface area (Å²) in [5, 5.41) is 8.79. The van der Waals surface area contributed by atoms with Crippen LogP contribution in [0.4, 0.5) is 4.39 Å². The van der Waals surface area contributed by atoms with E-state index < -0.39 is 0 Å². The SMILES string of the molecule is Cc1c(C)n2c(SCc3ccc(F)cc3)nnc2[nH]c1=O. The van der Waals surface area contributed by atoms with Crippen molar-refractivity contribution in [2.45, 2.75) is 24.8 Å². The van der Waals surface area contributed by atoms with Gasteiger partial charge >= 0.3 is 0 Å². The van der Waals surface area contributed by atoms with Crippen molar-refractivity contribution in [2.24, 2.45) is 0 Å². The normalized spacial score (nSPS) is 11.2. The lowest BCUT2D eigenvalue weighted by Gasteiger charge is -2.05. The molecule has 3 rings (SSSR count). The van der Waals surface area contributed by atoms with Crippen LogP contribution < -0.4 is 5.56 Å². The number of rotatable bonds is 3. The van der Waals surface area contributed by atoms with Gasteiger partial charge in [0.2, 0.25) is 5.78 Å². The number of aromatic nitrogens is 4. The molecule has 0 aliphatic heterocycles. The first-order valence-corrected chi connectivity index (χ1v) is 7.36. The molecule has 0 aliphatic rings. The molecule has 108 valence electrons. The van der Waals surface area contributed by atoms with Crippen LogP contribution in [0.2, 0.25) is 0 Å². The molecule has 0 amide bonds. The third-order valence-corrected chi connectivity index (χ3v) is 4.36. The second kappa shape index (κ2) is 5.33. The number of hydrogen-bond acceptors (Lipinski definition) is 4. The number of H-pyrrole nitrogens is 1. The lowest BCUT2D eigenvalue weighted by atomic mass is 10.2. The van der Waals surface area contributed by atoms with Gasteiger partial charge in [-0.1, -0.05) is 23.9 Å². The zero-order valence-electron chi connectivity index (χ0n) is 11.6. The van der Waals surface area contributed by atoms with Crippen molar-refractivity contribution in [2.75, 3.05) is 0 Å². The molecule has 2 heterocycles. The fraction of sp³-hybridized carbons (Fsp3) is 0.214. The first-order chi connectivity index (χ1) is 10.1. The van der Waals surface area contributed by atoms with E-state index >= 15 is 0 Å². The van der Waals surface area contributed by atoms with Gasteiger partial charge in [-0.25, -0.2) is 4.39 Å². The number of nitrogens with one attached hydrogen (secondary N) is 1. The maximum absolute atomic E-state index is 12.9. The second-order valence-corrected chi connectivity index (χ2v) is 5.66. The predicted molar refractivity (Wildman–Crippen MR) is 79.0 cm³/mol. The van der Waals surface area contributed by atoms with E-state index in [2.05, 4.69) is 15.2 Å². The van der Waals surface area contributed by atoms with Crippen LogP contribution >= 0.6 is 11.8 Å². The molecule has 0 radical (unpaired) electrons. The largest absolute Gasteiger partial charge is 0.290 e. The summed E-state index contributed by atoms with van der Waals surface area (Å²) in [6.07, 6.45) is 0. The summed E-state index contributed by atoms with van der Waals surface area (Å²) in [4.78, 5) is 14.4. The number of nitrogens with zero attached hydrogens (tertiary/aromatic N) is 3. The molecule has 0 spiro atoms. The summed E-state index contributed by atoms with van der Waals surface area (Å²) in [7, 11) is 0. The number of aromatic amines is 1. The standard InChI is InChI=1S/C14H13FN4OS/c1-8-9(2)19-13(16-12(8)20)17-18-14(19)21-7-10-3-5-11(15)6-4-10/h3-6H,7H2,1-2H3,(H,16,17,20). The summed E-state index contributed by atoms with van der Waals surface area (Å²) in [6, 6.07) is 6.35. The first-order valence-electron chi connectivity index (χ1n) is 6.38. The second-order valence-electron chi connectivity index (χ2n) is 4.72. The Kier molecular flexibility index (Phi) is 3.50. The van der Waals surface area contributed by atoms with Crippen LogP contribution in [0.1, 0.15) is 16.8 Å². The van der Waals surface area contributed by atoms with Crippen molar-refractivity contribution in [3.05, 3.63) is 57.3 Å². The van der Waals surface area contributed by atoms with Gasteiger partial charge in [-0.2, -0.15) is 0 Å². The van der Waals surface area contributed by atoms with Gasteiger partial charge in [0, 0.05) is 17.0 Å². The number of hydrogen-bond donors (Lipinski definition) is 1. The maximum atomic E-state index is 12.9. The first kappa shape index (κ1) is 13.8. The Hall–Kier alpha value is -2.15. The Bertz CT molecular complexity index is 854. The molecule has 3 aromatic rings. The minimum Gasteiger partial charge on any atom is -0.290 e. The topological polar surface area (TPSA) is 63.1 Å². The Labute approximate surface area is 124 Å². The number of benzene rings is 1. The molecule has 0 aliphatic carbocycles. The summed E-state index contributed by atoms with van der Waals surface area (Å²) < 4.78 is 14.7. The molecule has 0 fully saturated rings. The zero-order valence-corrected chi connectivity index (χ0v) is 12.4. The Balaban J connectivity index is 1.93. The maximum Gasteiger partial charge on any atom is 0.255 e. The van der Waals surface area contributed by atoms with Gasteiger partial charge < -0.3 is 0 Å². The molecule has 0 saturated heterocycles. The van der Waals surface area contributed by atoms with E-state index in [9.17, 15) is 9.18 Å². The number of aryl methyl sites for hydroxylation is 1. The molecule has 1 N–H and O–H groups in total. The van der Waals surface area contributed by atoms with E-state index in [-0.39, 0.29) is 11.4 Å². The molecule has 7 heteroatoms. The minimum absolute atomic E-state index is 0.150. The minimum atomic E-state index is -0.249. The van der Waals surface area contributed by atoms with Gasteiger partial charge in [-0.3, -0.25) is 14.2 Å². The summed E-state index contributed by atoms with van der Waals surface area (Å²) >= 11 is 1.49. The summed E-state index contributed by atoms with van der Waals surface area (Å²) in [6.45, 7) is 3.63. The van der Waals surface area contributed by atoms with Crippen LogP contribution in [0.3, 0.4) is 0 Å². The molecule has 0 atom stereocenters. The van der Waals surface area contributed by atoms with E-state index in [4.69, 9.17) is 0 Å². The number of thioether (sulfide) groups is 1. The third kappa shape index (κ3) is 2.56. The Morgan fingerprint density at radius 1 is 1.24 bits per heavy atom. The summed E-state index contributed by atoms with van der Waals surface area (Å²) in [5.41, 5.74) is 2.31. The van der Waals surface area contributed by atoms with Gasteiger partial charge in [-0.05, 0) is 31.5 Å². The third-order valence-electron chi connectivity index (χ3n) is 3.36. The highest BCUT2D eigenvalue weighted by Crippen LogP contribution is 2.22. The molecule has 0 unspecified atom stereocenters. The summed E-state index contributed by atoms with van der Waals surface area (Å²) in [5.74, 6) is 0.837. The molecule has 5 nitrogen and oxygen atoms in total. The van der Waals surface area contributed by atoms with Gasteiger partial charge in [0.25, 0.3) is 5.56 Å². The Morgan fingerprint density at radius 3 is 2.67 bits per heavy atom. The smallest absolute Gasteiger partial charge is 0.255 e. The van der Waals surface area contributed by atoms with Crippen LogP contribution in [0.15, 0.2) is 34.2 Å². The van der Waals surface area contributed by atoms with Crippen molar-refractivity contribution in [3.63, 3.8) is 0 Å². The van der Waals surface area contributed by atoms with Crippen molar-refractivity contribution >= 4 is 17.5 Å². The van der Waals surface area contributed by atoms with Crippen molar-refractivity contribution in [1.29, 1.82) is 0 Å². The van der Waals surface area contributed by atoms with Crippen LogP contribution in [0, 0.1) is 19.7 Å². The van der Waals surface area contributed by atoms with E-state index in [1.807, 2.05) is 11.3 Å². The lowest BCUT2D eigenvalue weighted by Crippen LogP contribution is -2.15. The van der Waals surface area contributed by atoms with Gasteiger partial charge in [-0.15, -0.1) is 10.2 Å².